The van der Waals surface area contributed by atoms with Gasteiger partial charge >= 0.3 is 0 Å². The topological polar surface area (TPSA) is 111 Å². The van der Waals surface area contributed by atoms with E-state index >= 15 is 0 Å². The van der Waals surface area contributed by atoms with Crippen molar-refractivity contribution in [1.29, 1.82) is 0 Å². The Bertz CT molecular complexity index is 1190. The van der Waals surface area contributed by atoms with Crippen molar-refractivity contribution in [2.24, 2.45) is 0 Å². The Morgan fingerprint density at radius 2 is 1.71 bits per heavy atom. The Kier molecular flexibility index (Phi) is 5.73. The molecule has 1 saturated heterocycles. The van der Waals surface area contributed by atoms with Crippen LogP contribution in [0.15, 0.2) is 45.8 Å². The number of carbonyl (C=O) groups excluding carboxylic acids is 1. The van der Waals surface area contributed by atoms with Crippen LogP contribution in [-0.2, 0) is 10.0 Å². The summed E-state index contributed by atoms with van der Waals surface area (Å²) >= 11 is 0. The number of methoxy groups -OCH3 is 2. The van der Waals surface area contributed by atoms with Crippen molar-refractivity contribution in [2.75, 3.05) is 32.0 Å². The maximum absolute atomic E-state index is 13.0. The number of amides is 1. The molecule has 0 unspecified atom stereocenters. The number of nitrogens with zero attached hydrogens (tertiary/aromatic N) is 2. The summed E-state index contributed by atoms with van der Waals surface area (Å²) in [7, 11) is -0.996. The fourth-order valence-corrected chi connectivity index (χ4v) is 4.63. The number of fused-ring (bicyclic) bond motifs is 1. The van der Waals surface area contributed by atoms with E-state index in [0.29, 0.717) is 35.6 Å². The number of sulfonamides is 1. The number of likely N-dealkylation sites (tertiary alicyclic amines) is 1. The molecule has 1 fully saturated rings. The van der Waals surface area contributed by atoms with Crippen LogP contribution >= 0.6 is 0 Å². The number of benzene rings is 2. The van der Waals surface area contributed by atoms with Crippen molar-refractivity contribution in [2.45, 2.75) is 24.2 Å². The van der Waals surface area contributed by atoms with E-state index in [2.05, 4.69) is 9.88 Å². The molecule has 2 aromatic carbocycles. The first-order valence-corrected chi connectivity index (χ1v) is 11.3. The van der Waals surface area contributed by atoms with E-state index in [-0.39, 0.29) is 22.2 Å². The molecule has 1 N–H and O–H groups in total. The Balaban J connectivity index is 1.66. The van der Waals surface area contributed by atoms with Crippen LogP contribution in [0.25, 0.3) is 11.0 Å². The third-order valence-corrected chi connectivity index (χ3v) is 6.58. The fourth-order valence-electron chi connectivity index (χ4n) is 3.57. The van der Waals surface area contributed by atoms with E-state index in [9.17, 15) is 13.2 Å². The monoisotopic (exact) mass is 445 g/mol. The highest BCUT2D eigenvalue weighted by Crippen LogP contribution is 2.29. The largest absolute Gasteiger partial charge is 0.497 e. The lowest BCUT2D eigenvalue weighted by molar-refractivity contribution is 0.0716. The summed E-state index contributed by atoms with van der Waals surface area (Å²) in [6.07, 6.45) is 2.97. The van der Waals surface area contributed by atoms with Crippen LogP contribution in [0.5, 0.6) is 11.5 Å². The number of ether oxygens (including phenoxy) is 2. The first-order chi connectivity index (χ1) is 14.9. The van der Waals surface area contributed by atoms with E-state index in [1.807, 2.05) is 0 Å². The number of anilines is 1. The summed E-state index contributed by atoms with van der Waals surface area (Å²) in [6.45, 7) is 1.31. The highest BCUT2D eigenvalue weighted by molar-refractivity contribution is 7.92. The van der Waals surface area contributed by atoms with Gasteiger partial charge in [-0.3, -0.25) is 9.52 Å². The molecule has 1 aliphatic rings. The van der Waals surface area contributed by atoms with Crippen LogP contribution in [0.2, 0.25) is 0 Å². The zero-order valence-electron chi connectivity index (χ0n) is 17.3. The first kappa shape index (κ1) is 21.0. The number of piperidine rings is 1. The van der Waals surface area contributed by atoms with Crippen molar-refractivity contribution in [3.63, 3.8) is 0 Å². The lowest BCUT2D eigenvalue weighted by Gasteiger charge is -2.25. The lowest BCUT2D eigenvalue weighted by Crippen LogP contribution is -2.35. The Labute approximate surface area is 180 Å². The lowest BCUT2D eigenvalue weighted by atomic mass is 10.1. The molecule has 2 heterocycles. The highest BCUT2D eigenvalue weighted by Gasteiger charge is 2.25. The maximum Gasteiger partial charge on any atom is 0.276 e. The van der Waals surface area contributed by atoms with Crippen LogP contribution in [0, 0.1) is 0 Å². The number of nitrogens with one attached hydrogen (secondary N) is 1. The summed E-state index contributed by atoms with van der Waals surface area (Å²) in [5.74, 6) is 0.639. The molecule has 1 aliphatic heterocycles. The SMILES string of the molecule is COc1cc(NS(=O)(=O)c2ccc3onc(C(=O)N4CCCCC4)c3c2)cc(OC)c1. The molecular formula is C21H23N3O6S. The van der Waals surface area contributed by atoms with Gasteiger partial charge in [-0.15, -0.1) is 0 Å². The zero-order chi connectivity index (χ0) is 22.0. The number of hydrogen-bond acceptors (Lipinski definition) is 7. The van der Waals surface area contributed by atoms with Gasteiger partial charge in [0.15, 0.2) is 11.3 Å². The van der Waals surface area contributed by atoms with Crippen molar-refractivity contribution >= 4 is 32.6 Å². The normalized spacial score (nSPS) is 14.5. The molecule has 0 bridgehead atoms. The van der Waals surface area contributed by atoms with Gasteiger partial charge in [0.05, 0.1) is 30.2 Å². The summed E-state index contributed by atoms with van der Waals surface area (Å²) < 4.78 is 44.2. The maximum atomic E-state index is 13.0. The molecule has 1 amide bonds. The van der Waals surface area contributed by atoms with E-state index in [4.69, 9.17) is 14.0 Å². The average molecular weight is 445 g/mol. The Morgan fingerprint density at radius 3 is 2.35 bits per heavy atom. The van der Waals surface area contributed by atoms with E-state index in [1.165, 1.54) is 32.4 Å². The van der Waals surface area contributed by atoms with E-state index < -0.39 is 10.0 Å². The van der Waals surface area contributed by atoms with Crippen molar-refractivity contribution in [1.82, 2.24) is 10.1 Å². The minimum absolute atomic E-state index is 0.0160. The van der Waals surface area contributed by atoms with Gasteiger partial charge in [-0.25, -0.2) is 8.42 Å². The minimum Gasteiger partial charge on any atom is -0.497 e. The van der Waals surface area contributed by atoms with Crippen LogP contribution in [0.3, 0.4) is 0 Å². The molecule has 3 aromatic rings. The van der Waals surface area contributed by atoms with E-state index in [1.54, 1.807) is 23.1 Å². The molecule has 1 aromatic heterocycles. The molecule has 10 heteroatoms. The molecule has 0 aliphatic carbocycles. The number of aromatic nitrogens is 1. The second-order valence-corrected chi connectivity index (χ2v) is 8.93. The number of carbonyl (C=O) groups is 1. The number of rotatable bonds is 6. The average Bonchev–Trinajstić information content (AvgIpc) is 3.22. The molecular weight excluding hydrogens is 422 g/mol. The van der Waals surface area contributed by atoms with Gasteiger partial charge in [0.2, 0.25) is 0 Å². The fraction of sp³-hybridized carbons (Fsp3) is 0.333. The van der Waals surface area contributed by atoms with Crippen LogP contribution in [0.1, 0.15) is 29.8 Å². The van der Waals surface area contributed by atoms with E-state index in [0.717, 1.165) is 19.3 Å². The predicted molar refractivity (Wildman–Crippen MR) is 114 cm³/mol. The van der Waals surface area contributed by atoms with Gasteiger partial charge in [-0.2, -0.15) is 0 Å². The molecule has 164 valence electrons. The molecule has 31 heavy (non-hydrogen) atoms. The van der Waals surface area contributed by atoms with Gasteiger partial charge in [-0.1, -0.05) is 5.16 Å². The van der Waals surface area contributed by atoms with Gasteiger partial charge < -0.3 is 18.9 Å². The minimum atomic E-state index is -3.96. The van der Waals surface area contributed by atoms with Gasteiger partial charge in [0, 0.05) is 31.3 Å². The molecule has 0 saturated carbocycles. The predicted octanol–water partition coefficient (Wildman–Crippen LogP) is 3.27. The molecule has 0 radical (unpaired) electrons. The van der Waals surface area contributed by atoms with Crippen LogP contribution in [0.4, 0.5) is 5.69 Å². The molecule has 4 rings (SSSR count). The Hall–Kier alpha value is -3.27. The summed E-state index contributed by atoms with van der Waals surface area (Å²) in [5, 5.41) is 4.27. The summed E-state index contributed by atoms with van der Waals surface area (Å²) in [6, 6.07) is 9.04. The first-order valence-electron chi connectivity index (χ1n) is 9.86. The van der Waals surface area contributed by atoms with Gasteiger partial charge in [0.25, 0.3) is 15.9 Å². The van der Waals surface area contributed by atoms with Crippen molar-refractivity contribution in [3.05, 3.63) is 42.1 Å². The summed E-state index contributed by atoms with van der Waals surface area (Å²) in [4.78, 5) is 14.6. The zero-order valence-corrected chi connectivity index (χ0v) is 18.1. The molecule has 0 spiro atoms. The van der Waals surface area contributed by atoms with Crippen molar-refractivity contribution < 1.29 is 27.2 Å². The van der Waals surface area contributed by atoms with Crippen LogP contribution < -0.4 is 14.2 Å². The van der Waals surface area contributed by atoms with Gasteiger partial charge in [-0.05, 0) is 37.5 Å². The molecule has 9 nitrogen and oxygen atoms in total. The highest BCUT2D eigenvalue weighted by atomic mass is 32.2. The van der Waals surface area contributed by atoms with Crippen molar-refractivity contribution in [3.8, 4) is 11.5 Å². The third-order valence-electron chi connectivity index (χ3n) is 5.20. The standard InChI is InChI=1S/C21H23N3O6S/c1-28-15-10-14(11-16(12-15)29-2)23-31(26,27)17-6-7-19-18(13-17)20(22-30-19)21(25)24-8-4-3-5-9-24/h6-7,10-13,23H,3-5,8-9H2,1-2H3. The molecule has 0 atom stereocenters. The second-order valence-electron chi connectivity index (χ2n) is 7.25. The van der Waals surface area contributed by atoms with Gasteiger partial charge in [0.1, 0.15) is 11.5 Å². The van der Waals surface area contributed by atoms with Crippen LogP contribution in [-0.4, -0.2) is 51.7 Å². The smallest absolute Gasteiger partial charge is 0.276 e. The quantitative estimate of drug-likeness (QED) is 0.620. The number of hydrogen-bond donors (Lipinski definition) is 1. The third kappa shape index (κ3) is 4.29. The Morgan fingerprint density at radius 1 is 1.03 bits per heavy atom. The second kappa shape index (κ2) is 8.46. The summed E-state index contributed by atoms with van der Waals surface area (Å²) in [5.41, 5.74) is 0.755.